The monoisotopic (exact) mass is 303 g/mol. The lowest BCUT2D eigenvalue weighted by Crippen LogP contribution is -2.40. The average Bonchev–Trinajstić information content (AvgIpc) is 2.63. The molecule has 0 radical (unpaired) electrons. The van der Waals surface area contributed by atoms with E-state index in [9.17, 15) is 21.6 Å². The van der Waals surface area contributed by atoms with Gasteiger partial charge in [0.1, 0.15) is 10.8 Å². The van der Waals surface area contributed by atoms with Crippen LogP contribution in [0.5, 0.6) is 0 Å². The summed E-state index contributed by atoms with van der Waals surface area (Å²) in [6, 6.07) is 2.78. The van der Waals surface area contributed by atoms with Crippen LogP contribution in [0.1, 0.15) is 4.88 Å². The van der Waals surface area contributed by atoms with Crippen molar-refractivity contribution in [2.75, 3.05) is 19.7 Å². The number of hydrogen-bond donors (Lipinski definition) is 1. The predicted octanol–water partition coefficient (Wildman–Crippen LogP) is 1.60. The normalized spacial score (nSPS) is 13.2. The van der Waals surface area contributed by atoms with Crippen LogP contribution in [-0.2, 0) is 10.0 Å². The molecule has 0 bridgehead atoms. The van der Waals surface area contributed by atoms with Crippen LogP contribution in [0.4, 0.5) is 13.2 Å². The molecule has 0 amide bonds. The molecule has 0 unspecified atom stereocenters. The maximum atomic E-state index is 12.3. The third-order valence-corrected chi connectivity index (χ3v) is 5.33. The van der Waals surface area contributed by atoms with E-state index >= 15 is 0 Å². The van der Waals surface area contributed by atoms with Gasteiger partial charge in [-0.2, -0.15) is 17.5 Å². The van der Waals surface area contributed by atoms with Crippen LogP contribution in [0.3, 0.4) is 0 Å². The minimum absolute atomic E-state index is 0.155. The molecule has 0 aliphatic carbocycles. The van der Waals surface area contributed by atoms with Crippen molar-refractivity contribution in [1.29, 1.82) is 0 Å². The van der Waals surface area contributed by atoms with E-state index in [0.717, 1.165) is 11.3 Å². The second kappa shape index (κ2) is 5.55. The summed E-state index contributed by atoms with van der Waals surface area (Å²) in [6.07, 6.45) is -4.64. The van der Waals surface area contributed by atoms with Crippen molar-refractivity contribution in [3.05, 3.63) is 17.0 Å². The Balaban J connectivity index is 3.04. The van der Waals surface area contributed by atoms with Crippen molar-refractivity contribution in [2.24, 2.45) is 0 Å². The fourth-order valence-electron chi connectivity index (χ4n) is 1.27. The maximum absolute atomic E-state index is 12.3. The van der Waals surface area contributed by atoms with Crippen molar-refractivity contribution in [2.45, 2.75) is 17.3 Å². The highest BCUT2D eigenvalue weighted by Gasteiger charge is 2.37. The molecule has 1 aromatic rings. The van der Waals surface area contributed by atoms with Gasteiger partial charge < -0.3 is 5.11 Å². The van der Waals surface area contributed by atoms with Crippen LogP contribution < -0.4 is 0 Å². The summed E-state index contributed by atoms with van der Waals surface area (Å²) >= 11 is 0.896. The summed E-state index contributed by atoms with van der Waals surface area (Å²) < 4.78 is 60.8. The second-order valence-corrected chi connectivity index (χ2v) is 7.00. The van der Waals surface area contributed by atoms with Gasteiger partial charge >= 0.3 is 6.18 Å². The molecule has 1 heterocycles. The molecule has 0 fully saturated rings. The first-order chi connectivity index (χ1) is 8.16. The third-order valence-electron chi connectivity index (χ3n) is 2.01. The number of aliphatic hydroxyl groups excluding tert-OH is 1. The Morgan fingerprint density at radius 3 is 2.39 bits per heavy atom. The van der Waals surface area contributed by atoms with Crippen LogP contribution >= 0.6 is 11.3 Å². The van der Waals surface area contributed by atoms with Crippen LogP contribution in [0.2, 0.25) is 0 Å². The fraction of sp³-hybridized carbons (Fsp3) is 0.556. The molecule has 0 saturated carbocycles. The number of aliphatic hydroxyl groups is 1. The summed E-state index contributed by atoms with van der Waals surface area (Å²) in [5.41, 5.74) is 0. The smallest absolute Gasteiger partial charge is 0.395 e. The van der Waals surface area contributed by atoms with Crippen LogP contribution in [0.25, 0.3) is 0 Å². The van der Waals surface area contributed by atoms with E-state index in [1.54, 1.807) is 6.92 Å². The van der Waals surface area contributed by atoms with E-state index in [1.165, 1.54) is 12.1 Å². The molecular formula is C9H12F3NO3S2. The lowest BCUT2D eigenvalue weighted by atomic mass is 10.5. The number of aryl methyl sites for hydroxylation is 1. The zero-order valence-corrected chi connectivity index (χ0v) is 11.1. The van der Waals surface area contributed by atoms with Gasteiger partial charge in [0.05, 0.1) is 6.61 Å². The Bertz CT molecular complexity index is 495. The Hall–Kier alpha value is -0.640. The zero-order chi connectivity index (χ0) is 14.0. The van der Waals surface area contributed by atoms with E-state index in [2.05, 4.69) is 0 Å². The number of sulfonamides is 1. The molecule has 1 aromatic heterocycles. The highest BCUT2D eigenvalue weighted by molar-refractivity contribution is 7.91. The lowest BCUT2D eigenvalue weighted by Gasteiger charge is -2.21. The van der Waals surface area contributed by atoms with E-state index in [-0.39, 0.29) is 8.51 Å². The van der Waals surface area contributed by atoms with E-state index in [4.69, 9.17) is 5.11 Å². The van der Waals surface area contributed by atoms with Gasteiger partial charge in [0.15, 0.2) is 0 Å². The summed E-state index contributed by atoms with van der Waals surface area (Å²) in [4.78, 5) is 0.685. The Kier molecular flexibility index (Phi) is 4.76. The highest BCUT2D eigenvalue weighted by Crippen LogP contribution is 2.27. The number of nitrogens with zero attached hydrogens (tertiary/aromatic N) is 1. The SMILES string of the molecule is Cc1ccc(S(=O)(=O)N(CCO)CC(F)(F)F)s1. The van der Waals surface area contributed by atoms with Gasteiger partial charge in [-0.05, 0) is 19.1 Å². The summed E-state index contributed by atoms with van der Waals surface area (Å²) in [7, 11) is -4.20. The number of thiophene rings is 1. The molecule has 18 heavy (non-hydrogen) atoms. The van der Waals surface area contributed by atoms with E-state index < -0.39 is 35.9 Å². The minimum atomic E-state index is -4.64. The number of halogens is 3. The zero-order valence-electron chi connectivity index (χ0n) is 9.44. The minimum Gasteiger partial charge on any atom is -0.395 e. The van der Waals surface area contributed by atoms with Crippen molar-refractivity contribution >= 4 is 21.4 Å². The van der Waals surface area contributed by atoms with Crippen LogP contribution in [0, 0.1) is 6.92 Å². The first-order valence-corrected chi connectivity index (χ1v) is 7.16. The largest absolute Gasteiger partial charge is 0.402 e. The Morgan fingerprint density at radius 1 is 1.39 bits per heavy atom. The van der Waals surface area contributed by atoms with Gasteiger partial charge in [0.2, 0.25) is 0 Å². The summed E-state index contributed by atoms with van der Waals surface area (Å²) in [6.45, 7) is -1.20. The Morgan fingerprint density at radius 2 is 2.00 bits per heavy atom. The molecule has 0 aliphatic heterocycles. The van der Waals surface area contributed by atoms with Gasteiger partial charge in [0.25, 0.3) is 10.0 Å². The van der Waals surface area contributed by atoms with Gasteiger partial charge in [-0.15, -0.1) is 11.3 Å². The van der Waals surface area contributed by atoms with Crippen LogP contribution in [-0.4, -0.2) is 43.7 Å². The number of hydrogen-bond acceptors (Lipinski definition) is 4. The molecule has 0 aliphatic rings. The molecule has 0 spiro atoms. The second-order valence-electron chi connectivity index (χ2n) is 3.54. The fourth-order valence-corrected chi connectivity index (χ4v) is 4.13. The third kappa shape index (κ3) is 3.94. The van der Waals surface area contributed by atoms with Gasteiger partial charge in [-0.3, -0.25) is 0 Å². The summed E-state index contributed by atoms with van der Waals surface area (Å²) in [5, 5.41) is 8.68. The quantitative estimate of drug-likeness (QED) is 0.899. The van der Waals surface area contributed by atoms with Crippen LogP contribution in [0.15, 0.2) is 16.3 Å². The topological polar surface area (TPSA) is 57.6 Å². The van der Waals surface area contributed by atoms with Crippen molar-refractivity contribution in [3.8, 4) is 0 Å². The molecule has 1 rings (SSSR count). The molecule has 104 valence electrons. The molecule has 9 heteroatoms. The molecule has 0 aromatic carbocycles. The van der Waals surface area contributed by atoms with Crippen molar-refractivity contribution in [1.82, 2.24) is 4.31 Å². The van der Waals surface area contributed by atoms with E-state index in [0.29, 0.717) is 4.88 Å². The van der Waals surface area contributed by atoms with Gasteiger partial charge in [-0.25, -0.2) is 8.42 Å². The van der Waals surface area contributed by atoms with Crippen molar-refractivity contribution in [3.63, 3.8) is 0 Å². The molecule has 0 atom stereocenters. The molecule has 4 nitrogen and oxygen atoms in total. The molecular weight excluding hydrogens is 291 g/mol. The van der Waals surface area contributed by atoms with Gasteiger partial charge in [-0.1, -0.05) is 0 Å². The number of rotatable bonds is 5. The lowest BCUT2D eigenvalue weighted by molar-refractivity contribution is -0.136. The Labute approximate surface area is 107 Å². The standard InChI is InChI=1S/C9H12F3NO3S2/c1-7-2-3-8(17-7)18(15,16)13(4-5-14)6-9(10,11)12/h2-3,14H,4-6H2,1H3. The molecule has 0 saturated heterocycles. The average molecular weight is 303 g/mol. The van der Waals surface area contributed by atoms with E-state index in [1.807, 2.05) is 0 Å². The first-order valence-electron chi connectivity index (χ1n) is 4.91. The first kappa shape index (κ1) is 15.4. The van der Waals surface area contributed by atoms with Gasteiger partial charge in [0, 0.05) is 11.4 Å². The van der Waals surface area contributed by atoms with Crippen molar-refractivity contribution < 1.29 is 26.7 Å². The summed E-state index contributed by atoms with van der Waals surface area (Å²) in [5.74, 6) is 0. The maximum Gasteiger partial charge on any atom is 0.402 e. The predicted molar refractivity (Wildman–Crippen MR) is 61.0 cm³/mol. The number of alkyl halides is 3. The highest BCUT2D eigenvalue weighted by atomic mass is 32.2. The molecule has 1 N–H and O–H groups in total.